The van der Waals surface area contributed by atoms with Crippen LogP contribution in [-0.2, 0) is 16.4 Å². The second-order valence-corrected chi connectivity index (χ2v) is 5.96. The molecule has 96 valence electrons. The predicted octanol–water partition coefficient (Wildman–Crippen LogP) is -0.0439. The van der Waals surface area contributed by atoms with Crippen molar-refractivity contribution in [2.45, 2.75) is 24.8 Å². The molecule has 1 aromatic rings. The molecule has 0 atom stereocenters. The third kappa shape index (κ3) is 2.67. The van der Waals surface area contributed by atoms with Crippen LogP contribution < -0.4 is 5.32 Å². The number of H-pyrrole nitrogens is 1. The average Bonchev–Trinajstić information content (AvgIpc) is 2.64. The van der Waals surface area contributed by atoms with Gasteiger partial charge in [-0.3, -0.25) is 0 Å². The fraction of sp³-hybridized carbons (Fsp3) is 0.700. The molecule has 0 aromatic carbocycles. The van der Waals surface area contributed by atoms with Crippen molar-refractivity contribution < 1.29 is 8.42 Å². The highest BCUT2D eigenvalue weighted by molar-refractivity contribution is 7.89. The molecule has 1 aliphatic rings. The fourth-order valence-electron chi connectivity index (χ4n) is 1.85. The summed E-state index contributed by atoms with van der Waals surface area (Å²) >= 11 is 0. The molecule has 0 spiro atoms. The Bertz CT molecular complexity index is 460. The lowest BCUT2D eigenvalue weighted by Gasteiger charge is -2.18. The Morgan fingerprint density at radius 3 is 2.94 bits per heavy atom. The van der Waals surface area contributed by atoms with E-state index in [1.165, 1.54) is 10.5 Å². The van der Waals surface area contributed by atoms with Crippen molar-refractivity contribution in [3.63, 3.8) is 0 Å². The second-order valence-electron chi connectivity index (χ2n) is 4.06. The van der Waals surface area contributed by atoms with Crippen LogP contribution in [0, 0.1) is 0 Å². The lowest BCUT2D eigenvalue weighted by molar-refractivity contribution is 0.430. The van der Waals surface area contributed by atoms with Crippen LogP contribution in [0.1, 0.15) is 19.2 Å². The van der Waals surface area contributed by atoms with Gasteiger partial charge in [-0.2, -0.15) is 4.31 Å². The summed E-state index contributed by atoms with van der Waals surface area (Å²) in [5.74, 6) is 0.705. The van der Waals surface area contributed by atoms with E-state index in [1.807, 2.05) is 6.92 Å². The Morgan fingerprint density at radius 2 is 2.24 bits per heavy atom. The van der Waals surface area contributed by atoms with Crippen LogP contribution in [0.25, 0.3) is 0 Å². The molecule has 2 heterocycles. The van der Waals surface area contributed by atoms with Crippen LogP contribution in [0.2, 0.25) is 0 Å². The summed E-state index contributed by atoms with van der Waals surface area (Å²) in [5.41, 5.74) is 0. The minimum atomic E-state index is -3.40. The van der Waals surface area contributed by atoms with Crippen molar-refractivity contribution in [1.82, 2.24) is 19.6 Å². The van der Waals surface area contributed by atoms with Crippen LogP contribution in [-0.4, -0.2) is 48.9 Å². The topological polar surface area (TPSA) is 78.1 Å². The number of aromatic amines is 1. The monoisotopic (exact) mass is 258 g/mol. The maximum atomic E-state index is 12.3. The van der Waals surface area contributed by atoms with Gasteiger partial charge < -0.3 is 10.3 Å². The Hall–Kier alpha value is -0.920. The predicted molar refractivity (Wildman–Crippen MR) is 64.2 cm³/mol. The van der Waals surface area contributed by atoms with Gasteiger partial charge in [-0.15, -0.1) is 0 Å². The Morgan fingerprint density at radius 1 is 1.41 bits per heavy atom. The summed E-state index contributed by atoms with van der Waals surface area (Å²) in [7, 11) is -3.40. The van der Waals surface area contributed by atoms with Gasteiger partial charge in [0.05, 0.1) is 6.20 Å². The smallest absolute Gasteiger partial charge is 0.260 e. The highest BCUT2D eigenvalue weighted by atomic mass is 32.2. The lowest BCUT2D eigenvalue weighted by Crippen LogP contribution is -2.34. The summed E-state index contributed by atoms with van der Waals surface area (Å²) in [4.78, 5) is 6.90. The molecular formula is C10H18N4O2S. The first-order chi connectivity index (χ1) is 8.14. The highest BCUT2D eigenvalue weighted by Gasteiger charge is 2.26. The highest BCUT2D eigenvalue weighted by Crippen LogP contribution is 2.14. The van der Waals surface area contributed by atoms with E-state index in [2.05, 4.69) is 15.3 Å². The molecular weight excluding hydrogens is 240 g/mol. The Labute approximate surface area is 101 Å². The van der Waals surface area contributed by atoms with Crippen LogP contribution in [0.5, 0.6) is 0 Å². The average molecular weight is 258 g/mol. The van der Waals surface area contributed by atoms with Gasteiger partial charge in [0.25, 0.3) is 10.0 Å². The van der Waals surface area contributed by atoms with Crippen LogP contribution in [0.4, 0.5) is 0 Å². The number of aromatic nitrogens is 2. The molecule has 0 saturated carbocycles. The van der Waals surface area contributed by atoms with E-state index in [0.29, 0.717) is 31.9 Å². The number of nitrogens with one attached hydrogen (secondary N) is 2. The summed E-state index contributed by atoms with van der Waals surface area (Å²) < 4.78 is 26.1. The van der Waals surface area contributed by atoms with Crippen molar-refractivity contribution in [1.29, 1.82) is 0 Å². The van der Waals surface area contributed by atoms with E-state index in [1.54, 1.807) is 0 Å². The first-order valence-electron chi connectivity index (χ1n) is 5.89. The summed E-state index contributed by atoms with van der Waals surface area (Å²) in [6, 6.07) is 0. The molecule has 1 fully saturated rings. The molecule has 0 aliphatic carbocycles. The van der Waals surface area contributed by atoms with Crippen LogP contribution >= 0.6 is 0 Å². The molecule has 6 nitrogen and oxygen atoms in total. The normalized spacial score (nSPS) is 19.1. The van der Waals surface area contributed by atoms with Gasteiger partial charge in [0.2, 0.25) is 0 Å². The maximum absolute atomic E-state index is 12.3. The van der Waals surface area contributed by atoms with Crippen molar-refractivity contribution in [3.05, 3.63) is 12.0 Å². The molecule has 7 heteroatoms. The molecule has 0 bridgehead atoms. The molecule has 0 unspecified atom stereocenters. The third-order valence-electron chi connectivity index (χ3n) is 2.86. The van der Waals surface area contributed by atoms with Crippen LogP contribution in [0.15, 0.2) is 11.2 Å². The van der Waals surface area contributed by atoms with E-state index in [4.69, 9.17) is 0 Å². The van der Waals surface area contributed by atoms with Gasteiger partial charge >= 0.3 is 0 Å². The van der Waals surface area contributed by atoms with E-state index >= 15 is 0 Å². The summed E-state index contributed by atoms with van der Waals surface area (Å²) in [5, 5.41) is 3.39. The zero-order valence-electron chi connectivity index (χ0n) is 9.94. The number of rotatable bonds is 3. The van der Waals surface area contributed by atoms with E-state index < -0.39 is 10.0 Å². The van der Waals surface area contributed by atoms with Gasteiger partial charge in [-0.05, 0) is 13.0 Å². The van der Waals surface area contributed by atoms with E-state index in [9.17, 15) is 8.42 Å². The SMILES string of the molecule is CCc1ncc(S(=O)(=O)N2CCCNCC2)[nH]1. The second kappa shape index (κ2) is 5.16. The fourth-order valence-corrected chi connectivity index (χ4v) is 3.27. The van der Waals surface area contributed by atoms with Crippen molar-refractivity contribution in [3.8, 4) is 0 Å². The zero-order chi connectivity index (χ0) is 12.3. The minimum Gasteiger partial charge on any atom is -0.332 e. The molecule has 1 saturated heterocycles. The van der Waals surface area contributed by atoms with Crippen molar-refractivity contribution in [2.24, 2.45) is 0 Å². The first kappa shape index (κ1) is 12.5. The number of nitrogens with zero attached hydrogens (tertiary/aromatic N) is 2. The van der Waals surface area contributed by atoms with Crippen molar-refractivity contribution in [2.75, 3.05) is 26.2 Å². The number of imidazole rings is 1. The van der Waals surface area contributed by atoms with Gasteiger partial charge in [-0.1, -0.05) is 6.92 Å². The molecule has 0 radical (unpaired) electrons. The largest absolute Gasteiger partial charge is 0.332 e. The van der Waals surface area contributed by atoms with Gasteiger partial charge in [0.15, 0.2) is 5.03 Å². The number of hydrogen-bond acceptors (Lipinski definition) is 4. The molecule has 0 amide bonds. The number of sulfonamides is 1. The molecule has 1 aliphatic heterocycles. The first-order valence-corrected chi connectivity index (χ1v) is 7.33. The zero-order valence-corrected chi connectivity index (χ0v) is 10.8. The van der Waals surface area contributed by atoms with E-state index in [-0.39, 0.29) is 5.03 Å². The molecule has 17 heavy (non-hydrogen) atoms. The molecule has 2 rings (SSSR count). The molecule has 2 N–H and O–H groups in total. The van der Waals surface area contributed by atoms with E-state index in [0.717, 1.165) is 13.0 Å². The van der Waals surface area contributed by atoms with Crippen LogP contribution in [0.3, 0.4) is 0 Å². The van der Waals surface area contributed by atoms with Crippen molar-refractivity contribution >= 4 is 10.0 Å². The summed E-state index contributed by atoms with van der Waals surface area (Å²) in [6.07, 6.45) is 2.96. The van der Waals surface area contributed by atoms with Gasteiger partial charge in [0.1, 0.15) is 5.82 Å². The molecule has 1 aromatic heterocycles. The summed E-state index contributed by atoms with van der Waals surface area (Å²) in [6.45, 7) is 4.59. The standard InChI is InChI=1S/C10H18N4O2S/c1-2-9-12-8-10(13-9)17(15,16)14-6-3-4-11-5-7-14/h8,11H,2-7H2,1H3,(H,12,13). The Kier molecular flexibility index (Phi) is 3.80. The number of aryl methyl sites for hydroxylation is 1. The van der Waals surface area contributed by atoms with Gasteiger partial charge in [0, 0.05) is 26.1 Å². The minimum absolute atomic E-state index is 0.205. The van der Waals surface area contributed by atoms with Gasteiger partial charge in [-0.25, -0.2) is 13.4 Å². The maximum Gasteiger partial charge on any atom is 0.260 e. The lowest BCUT2D eigenvalue weighted by atomic mass is 10.4. The third-order valence-corrected chi connectivity index (χ3v) is 4.67. The number of hydrogen-bond donors (Lipinski definition) is 2. The quantitative estimate of drug-likeness (QED) is 0.797. The Balaban J connectivity index is 2.22.